The highest BCUT2D eigenvalue weighted by Crippen LogP contribution is 2.09. The van der Waals surface area contributed by atoms with Crippen molar-refractivity contribution in [3.05, 3.63) is 0 Å². The Hall–Kier alpha value is -0.950. The molecule has 5 N–H and O–H groups in total. The van der Waals surface area contributed by atoms with Crippen LogP contribution < -0.4 is 16.6 Å². The van der Waals surface area contributed by atoms with Crippen LogP contribution in [0.25, 0.3) is 0 Å². The Bertz CT molecular complexity index is 141. The predicted octanol–water partition coefficient (Wildman–Crippen LogP) is -1.21. The average molecular weight is 169 g/mol. The topological polar surface area (TPSA) is 87.4 Å². The molecule has 0 atom stereocenters. The van der Waals surface area contributed by atoms with Crippen LogP contribution in [-0.2, 0) is 0 Å². The first-order valence-corrected chi connectivity index (χ1v) is 2.75. The number of nitrogens with one attached hydrogen (secondary N) is 2. The van der Waals surface area contributed by atoms with Gasteiger partial charge in [0.05, 0.1) is 6.54 Å². The van der Waals surface area contributed by atoms with Gasteiger partial charge in [-0.25, -0.2) is 19.4 Å². The molecule has 0 aliphatic heterocycles. The van der Waals surface area contributed by atoms with E-state index in [0.717, 1.165) is 0 Å². The van der Waals surface area contributed by atoms with Crippen LogP contribution in [0.3, 0.4) is 0 Å². The van der Waals surface area contributed by atoms with Crippen molar-refractivity contribution < 1.29 is 18.7 Å². The molecule has 5 nitrogen and oxygen atoms in total. The molecule has 0 aliphatic rings. The number of alkyl halides is 2. The quantitative estimate of drug-likeness (QED) is 0.243. The molecule has 0 aromatic carbocycles. The zero-order valence-corrected chi connectivity index (χ0v) is 5.60. The minimum absolute atomic E-state index is 0.918. The summed E-state index contributed by atoms with van der Waals surface area (Å²) in [7, 11) is 0. The number of halogens is 2. The monoisotopic (exact) mass is 169 g/mol. The lowest BCUT2D eigenvalue weighted by Crippen LogP contribution is -2.46. The first-order chi connectivity index (χ1) is 5.02. The highest BCUT2D eigenvalue weighted by molar-refractivity contribution is 5.73. The van der Waals surface area contributed by atoms with E-state index in [0.29, 0.717) is 0 Å². The maximum absolute atomic E-state index is 12.1. The Morgan fingerprint density at radius 2 is 2.18 bits per heavy atom. The lowest BCUT2D eigenvalue weighted by molar-refractivity contribution is -0.0454. The Kier molecular flexibility index (Phi) is 3.69. The number of hydrazine groups is 1. The van der Waals surface area contributed by atoms with E-state index in [-0.39, 0.29) is 0 Å². The third-order valence-corrected chi connectivity index (χ3v) is 0.870. The lowest BCUT2D eigenvalue weighted by Gasteiger charge is -2.12. The number of rotatable bonds is 3. The van der Waals surface area contributed by atoms with Gasteiger partial charge >= 0.3 is 6.03 Å². The van der Waals surface area contributed by atoms with E-state index in [9.17, 15) is 13.6 Å². The summed E-state index contributed by atoms with van der Waals surface area (Å²) in [6.07, 6.45) is 0. The van der Waals surface area contributed by atoms with Gasteiger partial charge in [-0.15, -0.1) is 0 Å². The highest BCUT2D eigenvalue weighted by Gasteiger charge is 2.27. The standard InChI is InChI=1S/C4H9F2N3O2/c5-4(6,2-10)1-8-3(11)9-7/h10H,1-2,7H2,(H2,8,9,11). The number of aliphatic hydroxyl groups is 1. The summed E-state index contributed by atoms with van der Waals surface area (Å²) < 4.78 is 24.2. The highest BCUT2D eigenvalue weighted by atomic mass is 19.3. The largest absolute Gasteiger partial charge is 0.390 e. The van der Waals surface area contributed by atoms with Crippen molar-refractivity contribution in [1.82, 2.24) is 10.7 Å². The lowest BCUT2D eigenvalue weighted by atomic mass is 10.3. The number of carbonyl (C=O) groups is 1. The summed E-state index contributed by atoms with van der Waals surface area (Å²) in [5.41, 5.74) is 1.60. The van der Waals surface area contributed by atoms with Gasteiger partial charge in [0.15, 0.2) is 0 Å². The van der Waals surface area contributed by atoms with Crippen molar-refractivity contribution in [2.45, 2.75) is 5.92 Å². The number of hydrogen-bond acceptors (Lipinski definition) is 3. The van der Waals surface area contributed by atoms with Gasteiger partial charge in [0, 0.05) is 0 Å². The van der Waals surface area contributed by atoms with Gasteiger partial charge in [0.1, 0.15) is 6.61 Å². The molecular formula is C4H9F2N3O2. The summed E-state index contributed by atoms with van der Waals surface area (Å²) in [6.45, 7) is -2.25. The minimum Gasteiger partial charge on any atom is -0.390 e. The Morgan fingerprint density at radius 3 is 2.55 bits per heavy atom. The SMILES string of the molecule is NNC(=O)NCC(F)(F)CO. The summed E-state index contributed by atoms with van der Waals surface area (Å²) in [4.78, 5) is 10.2. The Morgan fingerprint density at radius 1 is 1.64 bits per heavy atom. The molecule has 0 fully saturated rings. The molecular weight excluding hydrogens is 160 g/mol. The first kappa shape index (κ1) is 10.0. The van der Waals surface area contributed by atoms with E-state index in [1.54, 1.807) is 10.7 Å². The maximum Gasteiger partial charge on any atom is 0.329 e. The van der Waals surface area contributed by atoms with Crippen LogP contribution in [0.1, 0.15) is 0 Å². The molecule has 0 aromatic heterocycles. The average Bonchev–Trinajstić information content (AvgIpc) is 2.00. The molecule has 0 bridgehead atoms. The fourth-order valence-electron chi connectivity index (χ4n) is 0.317. The Balaban J connectivity index is 3.61. The summed E-state index contributed by atoms with van der Waals surface area (Å²) in [5, 5.41) is 9.77. The van der Waals surface area contributed by atoms with Crippen molar-refractivity contribution in [2.75, 3.05) is 13.2 Å². The van der Waals surface area contributed by atoms with Gasteiger partial charge in [-0.05, 0) is 0 Å². The predicted molar refractivity (Wildman–Crippen MR) is 32.8 cm³/mol. The second kappa shape index (κ2) is 4.04. The molecule has 0 aliphatic carbocycles. The van der Waals surface area contributed by atoms with Crippen LogP contribution in [0.2, 0.25) is 0 Å². The van der Waals surface area contributed by atoms with Gasteiger partial charge in [0.25, 0.3) is 5.92 Å². The van der Waals surface area contributed by atoms with Crippen LogP contribution in [0.5, 0.6) is 0 Å². The number of urea groups is 1. The molecule has 2 amide bonds. The van der Waals surface area contributed by atoms with Crippen LogP contribution in [0.4, 0.5) is 13.6 Å². The maximum atomic E-state index is 12.1. The second-order valence-corrected chi connectivity index (χ2v) is 1.84. The molecule has 0 saturated heterocycles. The molecule has 0 rings (SSSR count). The zero-order chi connectivity index (χ0) is 8.91. The summed E-state index contributed by atoms with van der Waals surface area (Å²) in [5.74, 6) is 1.27. The fraction of sp³-hybridized carbons (Fsp3) is 0.750. The molecule has 0 unspecified atom stereocenters. The Labute approximate surface area is 61.5 Å². The van der Waals surface area contributed by atoms with Crippen LogP contribution in [0.15, 0.2) is 0 Å². The van der Waals surface area contributed by atoms with E-state index in [1.807, 2.05) is 0 Å². The molecule has 0 aromatic rings. The van der Waals surface area contributed by atoms with E-state index in [2.05, 4.69) is 5.84 Å². The summed E-state index contributed by atoms with van der Waals surface area (Å²) >= 11 is 0. The minimum atomic E-state index is -3.30. The third-order valence-electron chi connectivity index (χ3n) is 0.870. The van der Waals surface area contributed by atoms with E-state index in [1.165, 1.54) is 0 Å². The molecule has 0 saturated carbocycles. The fourth-order valence-corrected chi connectivity index (χ4v) is 0.317. The van der Waals surface area contributed by atoms with Gasteiger partial charge in [-0.3, -0.25) is 5.43 Å². The number of nitrogens with two attached hydrogens (primary N) is 1. The van der Waals surface area contributed by atoms with E-state index in [4.69, 9.17) is 5.11 Å². The first-order valence-electron chi connectivity index (χ1n) is 2.75. The van der Waals surface area contributed by atoms with Gasteiger partial charge in [-0.2, -0.15) is 0 Å². The van der Waals surface area contributed by atoms with Crippen molar-refractivity contribution in [3.8, 4) is 0 Å². The van der Waals surface area contributed by atoms with E-state index >= 15 is 0 Å². The zero-order valence-electron chi connectivity index (χ0n) is 5.60. The molecule has 66 valence electrons. The van der Waals surface area contributed by atoms with E-state index < -0.39 is 25.1 Å². The smallest absolute Gasteiger partial charge is 0.329 e. The molecule has 11 heavy (non-hydrogen) atoms. The van der Waals surface area contributed by atoms with Gasteiger partial charge in [0.2, 0.25) is 0 Å². The van der Waals surface area contributed by atoms with Crippen molar-refractivity contribution in [1.29, 1.82) is 0 Å². The molecule has 0 radical (unpaired) electrons. The number of hydrogen-bond donors (Lipinski definition) is 4. The van der Waals surface area contributed by atoms with Crippen LogP contribution in [0, 0.1) is 0 Å². The van der Waals surface area contributed by atoms with Crippen molar-refractivity contribution in [2.24, 2.45) is 5.84 Å². The van der Waals surface area contributed by atoms with Gasteiger partial charge < -0.3 is 10.4 Å². The van der Waals surface area contributed by atoms with Crippen LogP contribution in [-0.4, -0.2) is 30.2 Å². The molecule has 7 heteroatoms. The van der Waals surface area contributed by atoms with Gasteiger partial charge in [-0.1, -0.05) is 0 Å². The number of amides is 2. The summed E-state index contributed by atoms with van der Waals surface area (Å²) in [6, 6.07) is -0.918. The second-order valence-electron chi connectivity index (χ2n) is 1.84. The van der Waals surface area contributed by atoms with Crippen molar-refractivity contribution in [3.63, 3.8) is 0 Å². The van der Waals surface area contributed by atoms with Crippen LogP contribution >= 0.6 is 0 Å². The number of aliphatic hydroxyl groups excluding tert-OH is 1. The molecule has 0 heterocycles. The van der Waals surface area contributed by atoms with Crippen molar-refractivity contribution >= 4 is 6.03 Å². The normalized spacial score (nSPS) is 10.9. The number of carbonyl (C=O) groups excluding carboxylic acids is 1. The molecule has 0 spiro atoms. The third kappa shape index (κ3) is 4.45.